The van der Waals surface area contributed by atoms with E-state index < -0.39 is 29.6 Å². The van der Waals surface area contributed by atoms with E-state index in [0.29, 0.717) is 5.69 Å². The van der Waals surface area contributed by atoms with E-state index in [0.717, 1.165) is 0 Å². The van der Waals surface area contributed by atoms with Crippen LogP contribution >= 0.6 is 0 Å². The Bertz CT molecular complexity index is 513. The van der Waals surface area contributed by atoms with Gasteiger partial charge in [-0.15, -0.1) is 9.50 Å². The number of anilines is 1. The minimum absolute atomic E-state index is 0.0706. The van der Waals surface area contributed by atoms with E-state index >= 15 is 0 Å². The molecule has 0 bridgehead atoms. The van der Waals surface area contributed by atoms with Gasteiger partial charge in [-0.3, -0.25) is 0 Å². The molecule has 20 heavy (non-hydrogen) atoms. The molecule has 0 fully saturated rings. The summed E-state index contributed by atoms with van der Waals surface area (Å²) in [7, 11) is 0. The second-order valence-electron chi connectivity index (χ2n) is 3.86. The number of benzene rings is 1. The molecule has 0 spiro atoms. The van der Waals surface area contributed by atoms with Crippen molar-refractivity contribution in [2.45, 2.75) is 0 Å². The second-order valence-corrected chi connectivity index (χ2v) is 3.86. The molecule has 1 aromatic carbocycles. The van der Waals surface area contributed by atoms with Crippen molar-refractivity contribution < 1.29 is 19.8 Å². The van der Waals surface area contributed by atoms with E-state index in [4.69, 9.17) is 10.2 Å². The maximum atomic E-state index is 11.0. The van der Waals surface area contributed by atoms with Crippen LogP contribution in [-0.2, 0) is 9.59 Å². The highest BCUT2D eigenvalue weighted by Gasteiger charge is 2.39. The third-order valence-electron chi connectivity index (χ3n) is 2.47. The van der Waals surface area contributed by atoms with Gasteiger partial charge in [0.2, 0.25) is 13.1 Å². The van der Waals surface area contributed by atoms with Crippen LogP contribution in [0.3, 0.4) is 0 Å². The molecule has 10 nitrogen and oxygen atoms in total. The summed E-state index contributed by atoms with van der Waals surface area (Å²) in [6.07, 6.45) is 0. The predicted molar refractivity (Wildman–Crippen MR) is 68.5 cm³/mol. The summed E-state index contributed by atoms with van der Waals surface area (Å²) in [6, 6.07) is 5.28. The smallest absolute Gasteiger partial charge is 0.362 e. The first-order chi connectivity index (χ1) is 9.43. The first kappa shape index (κ1) is 15.2. The van der Waals surface area contributed by atoms with Gasteiger partial charge in [0.15, 0.2) is 11.0 Å². The highest BCUT2D eigenvalue weighted by molar-refractivity contribution is 5.77. The second kappa shape index (κ2) is 6.33. The van der Waals surface area contributed by atoms with Crippen molar-refractivity contribution in [3.05, 3.63) is 34.1 Å². The third-order valence-corrected chi connectivity index (χ3v) is 2.47. The number of quaternary nitrogens is 1. The lowest BCUT2D eigenvalue weighted by Gasteiger charge is -2.24. The molecule has 10 heteroatoms. The Hall–Kier alpha value is -2.88. The molecule has 0 saturated heterocycles. The Morgan fingerprint density at radius 2 is 1.55 bits per heavy atom. The summed E-state index contributed by atoms with van der Waals surface area (Å²) in [5.41, 5.74) is 2.48. The Kier molecular flexibility index (Phi) is 4.81. The molecule has 0 unspecified atom stereocenters. The largest absolute Gasteiger partial charge is 0.477 e. The van der Waals surface area contributed by atoms with E-state index in [1.807, 2.05) is 0 Å². The molecule has 1 rings (SSSR count). The zero-order chi connectivity index (χ0) is 15.2. The Labute approximate surface area is 112 Å². The maximum absolute atomic E-state index is 11.0. The SMILES string of the molecule is O=NNc1ccc([N+](CC(=O)O)(CC(=O)O)N=O)cc1. The summed E-state index contributed by atoms with van der Waals surface area (Å²) in [5, 5.41) is 22.7. The van der Waals surface area contributed by atoms with Gasteiger partial charge < -0.3 is 10.2 Å². The molecule has 0 aliphatic carbocycles. The molecule has 0 radical (unpaired) electrons. The van der Waals surface area contributed by atoms with E-state index in [1.54, 1.807) is 0 Å². The molecular formula is C10H11N4O6+. The van der Waals surface area contributed by atoms with Crippen molar-refractivity contribution in [1.82, 2.24) is 4.59 Å². The van der Waals surface area contributed by atoms with Crippen LogP contribution in [0.4, 0.5) is 11.4 Å². The number of nitrogens with one attached hydrogen (secondary N) is 1. The lowest BCUT2D eigenvalue weighted by atomic mass is 10.2. The highest BCUT2D eigenvalue weighted by Crippen LogP contribution is 2.25. The van der Waals surface area contributed by atoms with E-state index in [-0.39, 0.29) is 5.69 Å². The topological polar surface area (TPSA) is 145 Å². The zero-order valence-electron chi connectivity index (χ0n) is 10.1. The Balaban J connectivity index is 3.20. The van der Waals surface area contributed by atoms with Crippen molar-refractivity contribution >= 4 is 23.3 Å². The number of nitroso groups, excluding NO2 is 2. The number of carboxylic acid groups (broad SMARTS) is 2. The van der Waals surface area contributed by atoms with E-state index in [1.165, 1.54) is 24.3 Å². The van der Waals surface area contributed by atoms with Gasteiger partial charge in [-0.1, -0.05) is 4.91 Å². The lowest BCUT2D eigenvalue weighted by Crippen LogP contribution is -2.50. The van der Waals surface area contributed by atoms with Crippen molar-refractivity contribution in [3.8, 4) is 0 Å². The number of rotatable bonds is 8. The molecule has 106 valence electrons. The van der Waals surface area contributed by atoms with Crippen LogP contribution < -0.4 is 10.0 Å². The molecule has 1 aromatic rings. The molecule has 0 saturated carbocycles. The summed E-state index contributed by atoms with van der Waals surface area (Å²) < 4.78 is -1.14. The molecule has 0 atom stereocenters. The van der Waals surface area contributed by atoms with Gasteiger partial charge in [0.1, 0.15) is 0 Å². The summed E-state index contributed by atoms with van der Waals surface area (Å²) in [5.74, 6) is -2.75. The van der Waals surface area contributed by atoms with Crippen molar-refractivity contribution in [3.63, 3.8) is 0 Å². The number of aliphatic carboxylic acids is 2. The van der Waals surface area contributed by atoms with Crippen molar-refractivity contribution in [1.29, 1.82) is 0 Å². The maximum Gasteiger partial charge on any atom is 0.362 e. The average Bonchev–Trinajstić information content (AvgIpc) is 2.38. The van der Waals surface area contributed by atoms with Gasteiger partial charge in [-0.2, -0.15) is 0 Å². The van der Waals surface area contributed by atoms with Gasteiger partial charge in [-0.25, -0.2) is 15.0 Å². The zero-order valence-corrected chi connectivity index (χ0v) is 10.1. The standard InChI is InChI=1S/C10H10N4O6/c15-9(16)5-14(13-20,6-10(17)18)8-3-1-7(2-4-8)11-12-19/h1-4H,5-6H2,(H2-,11,15,16,17,18,19)/p+1. The van der Waals surface area contributed by atoms with Gasteiger partial charge in [0.25, 0.3) is 0 Å². The Morgan fingerprint density at radius 3 is 1.90 bits per heavy atom. The molecule has 0 aromatic heterocycles. The minimum atomic E-state index is -1.37. The summed E-state index contributed by atoms with van der Waals surface area (Å²) in [4.78, 5) is 42.7. The van der Waals surface area contributed by atoms with Gasteiger partial charge in [0, 0.05) is 12.1 Å². The van der Waals surface area contributed by atoms with Gasteiger partial charge in [0.05, 0.1) is 11.0 Å². The summed E-state index contributed by atoms with van der Waals surface area (Å²) >= 11 is 0. The molecule has 0 aliphatic rings. The monoisotopic (exact) mass is 283 g/mol. The van der Waals surface area contributed by atoms with E-state index in [2.05, 4.69) is 16.0 Å². The number of hydrogen-bond donors (Lipinski definition) is 3. The predicted octanol–water partition coefficient (Wildman–Crippen LogP) is 0.938. The summed E-state index contributed by atoms with van der Waals surface area (Å²) in [6.45, 7) is -1.62. The molecule has 0 aliphatic heterocycles. The van der Waals surface area contributed by atoms with Crippen molar-refractivity contribution in [2.75, 3.05) is 18.5 Å². The van der Waals surface area contributed by atoms with Crippen LogP contribution in [-0.4, -0.2) is 35.2 Å². The minimum Gasteiger partial charge on any atom is -0.477 e. The van der Waals surface area contributed by atoms with Crippen LogP contribution in [0.2, 0.25) is 0 Å². The third kappa shape index (κ3) is 3.55. The van der Waals surface area contributed by atoms with Crippen molar-refractivity contribution in [2.24, 2.45) is 10.6 Å². The number of nitrogens with zero attached hydrogens (tertiary/aromatic N) is 3. The fourth-order valence-electron chi connectivity index (χ4n) is 1.66. The van der Waals surface area contributed by atoms with Crippen LogP contribution in [0.1, 0.15) is 0 Å². The first-order valence-corrected chi connectivity index (χ1v) is 5.28. The lowest BCUT2D eigenvalue weighted by molar-refractivity contribution is -0.141. The fraction of sp³-hybridized carbons (Fsp3) is 0.200. The highest BCUT2D eigenvalue weighted by atomic mass is 16.4. The molecule has 3 N–H and O–H groups in total. The van der Waals surface area contributed by atoms with Crippen LogP contribution in [0, 0.1) is 9.81 Å². The number of hydrogen-bond acceptors (Lipinski definition) is 6. The quantitative estimate of drug-likeness (QED) is 0.365. The molecular weight excluding hydrogens is 272 g/mol. The van der Waals surface area contributed by atoms with Crippen LogP contribution in [0.25, 0.3) is 0 Å². The first-order valence-electron chi connectivity index (χ1n) is 5.28. The number of carboxylic acids is 2. The molecule has 0 heterocycles. The van der Waals surface area contributed by atoms with Gasteiger partial charge in [-0.05, 0) is 12.1 Å². The normalized spacial score (nSPS) is 10.6. The number of carbonyl (C=O) groups is 2. The Morgan fingerprint density at radius 1 is 1.05 bits per heavy atom. The van der Waals surface area contributed by atoms with E-state index in [9.17, 15) is 19.4 Å². The average molecular weight is 283 g/mol. The van der Waals surface area contributed by atoms with Gasteiger partial charge >= 0.3 is 11.9 Å². The van der Waals surface area contributed by atoms with Crippen LogP contribution in [0.15, 0.2) is 34.8 Å². The van der Waals surface area contributed by atoms with Crippen LogP contribution in [0.5, 0.6) is 0 Å². The molecule has 0 amide bonds. The fourth-order valence-corrected chi connectivity index (χ4v) is 1.66.